The number of benzene rings is 1. The molecule has 1 N–H and O–H groups in total. The smallest absolute Gasteiger partial charge is 0.311 e. The van der Waals surface area contributed by atoms with Gasteiger partial charge in [-0.1, -0.05) is 6.92 Å². The Kier molecular flexibility index (Phi) is 4.62. The maximum absolute atomic E-state index is 13.2. The zero-order chi connectivity index (χ0) is 15.5. The van der Waals surface area contributed by atoms with Crippen LogP contribution in [-0.2, 0) is 12.7 Å². The lowest BCUT2D eigenvalue weighted by Crippen LogP contribution is -2.14. The molecule has 21 heavy (non-hydrogen) atoms. The van der Waals surface area contributed by atoms with E-state index >= 15 is 0 Å². The van der Waals surface area contributed by atoms with Gasteiger partial charge in [0, 0.05) is 12.7 Å². The van der Waals surface area contributed by atoms with Gasteiger partial charge in [-0.2, -0.15) is 18.3 Å². The highest BCUT2D eigenvalue weighted by molar-refractivity contribution is 5.37. The summed E-state index contributed by atoms with van der Waals surface area (Å²) in [6.45, 7) is 3.40. The van der Waals surface area contributed by atoms with Crippen molar-refractivity contribution in [3.8, 4) is 5.69 Å². The van der Waals surface area contributed by atoms with Gasteiger partial charge < -0.3 is 5.32 Å². The van der Waals surface area contributed by atoms with Gasteiger partial charge in [0.15, 0.2) is 0 Å². The Bertz CT molecular complexity index is 605. The van der Waals surface area contributed by atoms with Crippen LogP contribution in [0.2, 0.25) is 0 Å². The molecule has 0 saturated carbocycles. The first kappa shape index (κ1) is 15.5. The van der Waals surface area contributed by atoms with Crippen LogP contribution in [0.3, 0.4) is 0 Å². The Morgan fingerprint density at radius 2 is 2.00 bits per heavy atom. The van der Waals surface area contributed by atoms with Crippen LogP contribution in [-0.4, -0.2) is 16.3 Å². The maximum atomic E-state index is 13.2. The lowest BCUT2D eigenvalue weighted by molar-refractivity contribution is -0.140. The second-order valence-corrected chi connectivity index (χ2v) is 4.59. The second kappa shape index (κ2) is 6.26. The van der Waals surface area contributed by atoms with Crippen LogP contribution in [0, 0.1) is 5.82 Å². The largest absolute Gasteiger partial charge is 0.419 e. The molecule has 0 saturated heterocycles. The lowest BCUT2D eigenvalue weighted by Gasteiger charge is -2.10. The summed E-state index contributed by atoms with van der Waals surface area (Å²) in [5, 5.41) is 7.31. The molecule has 114 valence electrons. The van der Waals surface area contributed by atoms with Crippen molar-refractivity contribution in [2.75, 3.05) is 6.54 Å². The molecule has 0 radical (unpaired) electrons. The average Bonchev–Trinajstić information content (AvgIpc) is 2.87. The van der Waals surface area contributed by atoms with E-state index in [1.54, 1.807) is 12.3 Å². The van der Waals surface area contributed by atoms with Crippen LogP contribution >= 0.6 is 0 Å². The molecule has 0 unspecified atom stereocenters. The van der Waals surface area contributed by atoms with Crippen molar-refractivity contribution in [2.45, 2.75) is 26.1 Å². The molecule has 3 nitrogen and oxygen atoms in total. The summed E-state index contributed by atoms with van der Waals surface area (Å²) in [7, 11) is 0. The highest BCUT2D eigenvalue weighted by Gasteiger charge is 2.34. The molecule has 0 aliphatic heterocycles. The van der Waals surface area contributed by atoms with Crippen molar-refractivity contribution < 1.29 is 17.6 Å². The van der Waals surface area contributed by atoms with Crippen LogP contribution in [0.4, 0.5) is 17.6 Å². The number of hydrogen-bond donors (Lipinski definition) is 1. The average molecular weight is 301 g/mol. The summed E-state index contributed by atoms with van der Waals surface area (Å²) in [5.74, 6) is -1.29. The first-order chi connectivity index (χ1) is 9.91. The minimum Gasteiger partial charge on any atom is -0.311 e. The van der Waals surface area contributed by atoms with Gasteiger partial charge >= 0.3 is 6.18 Å². The van der Waals surface area contributed by atoms with E-state index in [2.05, 4.69) is 10.4 Å². The van der Waals surface area contributed by atoms with E-state index in [1.165, 1.54) is 10.7 Å². The van der Waals surface area contributed by atoms with E-state index in [-0.39, 0.29) is 5.69 Å². The third kappa shape index (κ3) is 3.81. The minimum atomic E-state index is -4.72. The third-order valence-electron chi connectivity index (χ3n) is 2.90. The normalized spacial score (nSPS) is 11.9. The van der Waals surface area contributed by atoms with E-state index in [9.17, 15) is 17.6 Å². The van der Waals surface area contributed by atoms with E-state index in [0.29, 0.717) is 12.2 Å². The predicted molar refractivity (Wildman–Crippen MR) is 70.5 cm³/mol. The maximum Gasteiger partial charge on any atom is 0.419 e. The number of aromatic nitrogens is 2. The fraction of sp³-hybridized carbons (Fsp3) is 0.357. The molecule has 0 bridgehead atoms. The fourth-order valence-electron chi connectivity index (χ4n) is 1.87. The summed E-state index contributed by atoms with van der Waals surface area (Å²) in [4.78, 5) is 0. The molecule has 7 heteroatoms. The molecule has 0 amide bonds. The van der Waals surface area contributed by atoms with Gasteiger partial charge in [0.05, 0.1) is 16.9 Å². The first-order valence-corrected chi connectivity index (χ1v) is 6.54. The fourth-order valence-corrected chi connectivity index (χ4v) is 1.87. The highest BCUT2D eigenvalue weighted by atomic mass is 19.4. The predicted octanol–water partition coefficient (Wildman–Crippen LogP) is 3.53. The Labute approximate surface area is 119 Å². The Morgan fingerprint density at radius 1 is 1.24 bits per heavy atom. The molecule has 0 spiro atoms. The SMILES string of the molecule is CCCNCc1ccn(-c2ccc(F)c(C(F)(F)F)c2)n1. The number of hydrogen-bond acceptors (Lipinski definition) is 2. The van der Waals surface area contributed by atoms with E-state index in [0.717, 1.165) is 25.1 Å². The van der Waals surface area contributed by atoms with Gasteiger partial charge in [-0.3, -0.25) is 0 Å². The molecule has 2 aromatic rings. The number of alkyl halides is 3. The van der Waals surface area contributed by atoms with Gasteiger partial charge in [0.2, 0.25) is 0 Å². The topological polar surface area (TPSA) is 29.9 Å². The van der Waals surface area contributed by atoms with Crippen LogP contribution in [0.25, 0.3) is 5.69 Å². The van der Waals surface area contributed by atoms with E-state index in [4.69, 9.17) is 0 Å². The first-order valence-electron chi connectivity index (χ1n) is 6.54. The molecule has 0 aliphatic rings. The van der Waals surface area contributed by atoms with Gasteiger partial charge in [-0.25, -0.2) is 9.07 Å². The summed E-state index contributed by atoms with van der Waals surface area (Å²) < 4.78 is 52.6. The Morgan fingerprint density at radius 3 is 2.67 bits per heavy atom. The molecule has 0 aliphatic carbocycles. The Hall–Kier alpha value is -1.89. The van der Waals surface area contributed by atoms with Gasteiger partial charge in [-0.05, 0) is 37.2 Å². The van der Waals surface area contributed by atoms with Crippen LogP contribution in [0.5, 0.6) is 0 Å². The van der Waals surface area contributed by atoms with Crippen molar-refractivity contribution in [1.29, 1.82) is 0 Å². The third-order valence-corrected chi connectivity index (χ3v) is 2.90. The van der Waals surface area contributed by atoms with Crippen molar-refractivity contribution in [3.05, 3.63) is 47.5 Å². The molecule has 0 atom stereocenters. The summed E-state index contributed by atoms with van der Waals surface area (Å²) in [6.07, 6.45) is -2.19. The molecular weight excluding hydrogens is 286 g/mol. The van der Waals surface area contributed by atoms with Crippen molar-refractivity contribution in [1.82, 2.24) is 15.1 Å². The molecule has 0 fully saturated rings. The number of halogens is 4. The standard InChI is InChI=1S/C14H15F4N3/c1-2-6-19-9-10-5-7-21(20-10)11-3-4-13(15)12(8-11)14(16,17)18/h3-5,7-8,19H,2,6,9H2,1H3. The lowest BCUT2D eigenvalue weighted by atomic mass is 10.2. The van der Waals surface area contributed by atoms with Gasteiger partial charge in [0.1, 0.15) is 5.82 Å². The van der Waals surface area contributed by atoms with E-state index in [1.807, 2.05) is 6.92 Å². The molecule has 1 heterocycles. The highest BCUT2D eigenvalue weighted by Crippen LogP contribution is 2.32. The summed E-state index contributed by atoms with van der Waals surface area (Å²) in [6, 6.07) is 4.53. The van der Waals surface area contributed by atoms with E-state index < -0.39 is 17.6 Å². The molecule has 2 rings (SSSR count). The quantitative estimate of drug-likeness (QED) is 0.676. The molecular formula is C14H15F4N3. The van der Waals surface area contributed by atoms with Crippen molar-refractivity contribution >= 4 is 0 Å². The summed E-state index contributed by atoms with van der Waals surface area (Å²) in [5.41, 5.74) is -0.409. The number of nitrogens with zero attached hydrogens (tertiary/aromatic N) is 2. The monoisotopic (exact) mass is 301 g/mol. The zero-order valence-electron chi connectivity index (χ0n) is 11.4. The van der Waals surface area contributed by atoms with Crippen LogP contribution in [0.1, 0.15) is 24.6 Å². The number of rotatable bonds is 5. The summed E-state index contributed by atoms with van der Waals surface area (Å²) >= 11 is 0. The van der Waals surface area contributed by atoms with Crippen LogP contribution in [0.15, 0.2) is 30.5 Å². The van der Waals surface area contributed by atoms with Crippen LogP contribution < -0.4 is 5.32 Å². The van der Waals surface area contributed by atoms with Crippen molar-refractivity contribution in [3.63, 3.8) is 0 Å². The Balaban J connectivity index is 2.22. The van der Waals surface area contributed by atoms with Crippen molar-refractivity contribution in [2.24, 2.45) is 0 Å². The second-order valence-electron chi connectivity index (χ2n) is 4.59. The van der Waals surface area contributed by atoms with Gasteiger partial charge in [-0.15, -0.1) is 0 Å². The van der Waals surface area contributed by atoms with Gasteiger partial charge in [0.25, 0.3) is 0 Å². The molecule has 1 aromatic heterocycles. The molecule has 1 aromatic carbocycles. The minimum absolute atomic E-state index is 0.172. The number of nitrogens with one attached hydrogen (secondary N) is 1. The zero-order valence-corrected chi connectivity index (χ0v) is 11.4.